The monoisotopic (exact) mass is 284 g/mol. The van der Waals surface area contributed by atoms with Crippen LogP contribution < -0.4 is 0 Å². The van der Waals surface area contributed by atoms with Crippen LogP contribution in [0.4, 0.5) is 0 Å². The van der Waals surface area contributed by atoms with Crippen molar-refractivity contribution in [2.24, 2.45) is 11.8 Å². The van der Waals surface area contributed by atoms with Crippen molar-refractivity contribution in [1.82, 2.24) is 0 Å². The number of unbranched alkanes of at least 4 members (excludes halogenated alkanes) is 4. The average molecular weight is 284 g/mol. The number of esters is 1. The molecule has 0 radical (unpaired) electrons. The van der Waals surface area contributed by atoms with E-state index in [2.05, 4.69) is 27.7 Å². The van der Waals surface area contributed by atoms with Gasteiger partial charge in [0.1, 0.15) is 0 Å². The molecule has 0 saturated carbocycles. The van der Waals surface area contributed by atoms with E-state index in [-0.39, 0.29) is 5.97 Å². The Bertz CT molecular complexity index is 223. The molecule has 0 rings (SSSR count). The standard InChI is InChI=1S/C18H36O2/c1-5-6-7-8-9-13-18(19)20-15-14-17(4)12-10-11-16(2)3/h16-17H,5-15H2,1-4H3. The highest BCUT2D eigenvalue weighted by Crippen LogP contribution is 2.15. The van der Waals surface area contributed by atoms with E-state index in [0.29, 0.717) is 18.9 Å². The van der Waals surface area contributed by atoms with Crippen LogP contribution in [0.25, 0.3) is 0 Å². The van der Waals surface area contributed by atoms with Crippen LogP contribution in [0.3, 0.4) is 0 Å². The Morgan fingerprint density at radius 2 is 1.60 bits per heavy atom. The lowest BCUT2D eigenvalue weighted by atomic mass is 9.98. The normalized spacial score (nSPS) is 12.7. The molecule has 1 atom stereocenters. The molecule has 0 N–H and O–H groups in total. The van der Waals surface area contributed by atoms with E-state index in [1.807, 2.05) is 0 Å². The highest BCUT2D eigenvalue weighted by Gasteiger charge is 2.06. The van der Waals surface area contributed by atoms with Crippen molar-refractivity contribution in [2.75, 3.05) is 6.61 Å². The van der Waals surface area contributed by atoms with Crippen LogP contribution >= 0.6 is 0 Å². The van der Waals surface area contributed by atoms with Gasteiger partial charge in [0.05, 0.1) is 6.61 Å². The van der Waals surface area contributed by atoms with Gasteiger partial charge >= 0.3 is 5.97 Å². The minimum atomic E-state index is -0.00382. The Morgan fingerprint density at radius 3 is 2.25 bits per heavy atom. The van der Waals surface area contributed by atoms with E-state index in [0.717, 1.165) is 25.2 Å². The molecular formula is C18H36O2. The highest BCUT2D eigenvalue weighted by atomic mass is 16.5. The Morgan fingerprint density at radius 1 is 0.900 bits per heavy atom. The van der Waals surface area contributed by atoms with Crippen LogP contribution in [0.5, 0.6) is 0 Å². The van der Waals surface area contributed by atoms with Gasteiger partial charge in [0.15, 0.2) is 0 Å². The molecule has 0 amide bonds. The summed E-state index contributed by atoms with van der Waals surface area (Å²) in [7, 11) is 0. The van der Waals surface area contributed by atoms with Crippen molar-refractivity contribution < 1.29 is 9.53 Å². The molecule has 0 aliphatic carbocycles. The predicted octanol–water partition coefficient (Wildman–Crippen LogP) is 5.74. The van der Waals surface area contributed by atoms with Gasteiger partial charge in [0.2, 0.25) is 0 Å². The Kier molecular flexibility index (Phi) is 13.1. The summed E-state index contributed by atoms with van der Waals surface area (Å²) < 4.78 is 5.31. The summed E-state index contributed by atoms with van der Waals surface area (Å²) >= 11 is 0. The fourth-order valence-electron chi connectivity index (χ4n) is 2.34. The molecule has 0 aromatic carbocycles. The van der Waals surface area contributed by atoms with Crippen LogP contribution in [-0.2, 0) is 9.53 Å². The van der Waals surface area contributed by atoms with Crippen LogP contribution in [0, 0.1) is 11.8 Å². The maximum atomic E-state index is 11.5. The van der Waals surface area contributed by atoms with Gasteiger partial charge in [-0.2, -0.15) is 0 Å². The van der Waals surface area contributed by atoms with Gasteiger partial charge in [-0.15, -0.1) is 0 Å². The van der Waals surface area contributed by atoms with Gasteiger partial charge < -0.3 is 4.74 Å². The molecule has 0 bridgehead atoms. The quantitative estimate of drug-likeness (QED) is 0.318. The lowest BCUT2D eigenvalue weighted by Gasteiger charge is -2.12. The van der Waals surface area contributed by atoms with E-state index < -0.39 is 0 Å². The van der Waals surface area contributed by atoms with Crippen molar-refractivity contribution in [1.29, 1.82) is 0 Å². The minimum absolute atomic E-state index is 0.00382. The Labute approximate surface area is 126 Å². The maximum absolute atomic E-state index is 11.5. The van der Waals surface area contributed by atoms with E-state index in [1.165, 1.54) is 38.5 Å². The SMILES string of the molecule is CCCCCCCC(=O)OCCC(C)CCCC(C)C. The second kappa shape index (κ2) is 13.5. The van der Waals surface area contributed by atoms with Gasteiger partial charge in [-0.3, -0.25) is 4.79 Å². The predicted molar refractivity (Wildman–Crippen MR) is 86.8 cm³/mol. The molecular weight excluding hydrogens is 248 g/mol. The molecule has 0 fully saturated rings. The van der Waals surface area contributed by atoms with Gasteiger partial charge in [0, 0.05) is 6.42 Å². The van der Waals surface area contributed by atoms with Crippen LogP contribution in [0.2, 0.25) is 0 Å². The number of hydrogen-bond donors (Lipinski definition) is 0. The first kappa shape index (κ1) is 19.5. The summed E-state index contributed by atoms with van der Waals surface area (Å²) in [6, 6.07) is 0. The first-order valence-electron chi connectivity index (χ1n) is 8.71. The highest BCUT2D eigenvalue weighted by molar-refractivity contribution is 5.69. The third-order valence-corrected chi connectivity index (χ3v) is 3.84. The molecule has 20 heavy (non-hydrogen) atoms. The summed E-state index contributed by atoms with van der Waals surface area (Å²) in [5.41, 5.74) is 0. The average Bonchev–Trinajstić information content (AvgIpc) is 2.38. The Hall–Kier alpha value is -0.530. The molecule has 120 valence electrons. The molecule has 0 spiro atoms. The lowest BCUT2D eigenvalue weighted by molar-refractivity contribution is -0.144. The number of carbonyl (C=O) groups is 1. The molecule has 0 heterocycles. The zero-order valence-corrected chi connectivity index (χ0v) is 14.2. The van der Waals surface area contributed by atoms with Crippen LogP contribution in [0.15, 0.2) is 0 Å². The van der Waals surface area contributed by atoms with Crippen molar-refractivity contribution in [2.45, 2.75) is 91.9 Å². The number of hydrogen-bond acceptors (Lipinski definition) is 2. The molecule has 1 unspecified atom stereocenters. The van der Waals surface area contributed by atoms with Gasteiger partial charge in [-0.05, 0) is 24.7 Å². The summed E-state index contributed by atoms with van der Waals surface area (Å²) in [6.07, 6.45) is 11.4. The smallest absolute Gasteiger partial charge is 0.305 e. The first-order valence-corrected chi connectivity index (χ1v) is 8.71. The number of carbonyl (C=O) groups excluding carboxylic acids is 1. The maximum Gasteiger partial charge on any atom is 0.305 e. The second-order valence-electron chi connectivity index (χ2n) is 6.60. The van der Waals surface area contributed by atoms with E-state index >= 15 is 0 Å². The van der Waals surface area contributed by atoms with E-state index in [4.69, 9.17) is 4.74 Å². The third kappa shape index (κ3) is 13.9. The molecule has 0 saturated heterocycles. The first-order chi connectivity index (χ1) is 9.56. The summed E-state index contributed by atoms with van der Waals surface area (Å²) in [6.45, 7) is 9.62. The second-order valence-corrected chi connectivity index (χ2v) is 6.60. The topological polar surface area (TPSA) is 26.3 Å². The third-order valence-electron chi connectivity index (χ3n) is 3.84. The van der Waals surface area contributed by atoms with Gasteiger partial charge in [0.25, 0.3) is 0 Å². The van der Waals surface area contributed by atoms with Crippen molar-refractivity contribution in [3.8, 4) is 0 Å². The van der Waals surface area contributed by atoms with Crippen LogP contribution in [0.1, 0.15) is 91.9 Å². The van der Waals surface area contributed by atoms with Crippen molar-refractivity contribution >= 4 is 5.97 Å². The fraction of sp³-hybridized carbons (Fsp3) is 0.944. The molecule has 2 nitrogen and oxygen atoms in total. The zero-order valence-electron chi connectivity index (χ0n) is 14.2. The molecule has 0 aromatic heterocycles. The minimum Gasteiger partial charge on any atom is -0.466 e. The van der Waals surface area contributed by atoms with Crippen LogP contribution in [-0.4, -0.2) is 12.6 Å². The van der Waals surface area contributed by atoms with Crippen molar-refractivity contribution in [3.63, 3.8) is 0 Å². The zero-order chi connectivity index (χ0) is 15.2. The molecule has 0 aliphatic heterocycles. The lowest BCUT2D eigenvalue weighted by Crippen LogP contribution is -2.08. The van der Waals surface area contributed by atoms with Crippen molar-refractivity contribution in [3.05, 3.63) is 0 Å². The number of ether oxygens (including phenoxy) is 1. The van der Waals surface area contributed by atoms with Gasteiger partial charge in [-0.1, -0.05) is 72.6 Å². The Balaban J connectivity index is 3.37. The van der Waals surface area contributed by atoms with E-state index in [9.17, 15) is 4.79 Å². The van der Waals surface area contributed by atoms with Gasteiger partial charge in [-0.25, -0.2) is 0 Å². The molecule has 0 aliphatic rings. The fourth-order valence-corrected chi connectivity index (χ4v) is 2.34. The summed E-state index contributed by atoms with van der Waals surface area (Å²) in [4.78, 5) is 11.5. The van der Waals surface area contributed by atoms with E-state index in [1.54, 1.807) is 0 Å². The number of rotatable bonds is 13. The molecule has 0 aromatic rings. The summed E-state index contributed by atoms with van der Waals surface area (Å²) in [5, 5.41) is 0. The largest absolute Gasteiger partial charge is 0.466 e. The summed E-state index contributed by atoms with van der Waals surface area (Å²) in [5.74, 6) is 1.47. The molecule has 2 heteroatoms.